The first-order valence-electron chi connectivity index (χ1n) is 4.86. The summed E-state index contributed by atoms with van der Waals surface area (Å²) < 4.78 is 0.695. The van der Waals surface area contributed by atoms with E-state index in [0.717, 1.165) is 6.42 Å². The van der Waals surface area contributed by atoms with Crippen LogP contribution in [0.25, 0.3) is 0 Å². The van der Waals surface area contributed by atoms with Crippen molar-refractivity contribution in [3.63, 3.8) is 0 Å². The molecule has 0 aromatic heterocycles. The molecule has 0 heterocycles. The van der Waals surface area contributed by atoms with Crippen molar-refractivity contribution in [2.75, 3.05) is 5.32 Å². The lowest BCUT2D eigenvalue weighted by Gasteiger charge is -2.13. The molecular formula is C11H13BrN2O2. The van der Waals surface area contributed by atoms with Gasteiger partial charge in [0.05, 0.1) is 4.92 Å². The molecule has 0 spiro atoms. The smallest absolute Gasteiger partial charge is 0.293 e. The Morgan fingerprint density at radius 2 is 2.38 bits per heavy atom. The highest BCUT2D eigenvalue weighted by molar-refractivity contribution is 9.10. The SMILES string of the molecule is C=CCC(C)Nc1ccc(Br)cc1[N+](=O)[O-]. The summed E-state index contributed by atoms with van der Waals surface area (Å²) in [6.07, 6.45) is 2.54. The summed E-state index contributed by atoms with van der Waals surface area (Å²) in [6, 6.07) is 5.08. The minimum Gasteiger partial charge on any atom is -0.377 e. The number of nitrogens with zero attached hydrogens (tertiary/aromatic N) is 1. The van der Waals surface area contributed by atoms with Gasteiger partial charge in [-0.2, -0.15) is 0 Å². The van der Waals surface area contributed by atoms with Crippen LogP contribution in [0.2, 0.25) is 0 Å². The second-order valence-corrected chi connectivity index (χ2v) is 4.40. The van der Waals surface area contributed by atoms with Gasteiger partial charge >= 0.3 is 0 Å². The predicted octanol–water partition coefficient (Wildman–Crippen LogP) is 3.73. The molecule has 0 amide bonds. The number of rotatable bonds is 5. The van der Waals surface area contributed by atoms with Crippen LogP contribution in [-0.4, -0.2) is 11.0 Å². The summed E-state index contributed by atoms with van der Waals surface area (Å²) in [4.78, 5) is 10.4. The lowest BCUT2D eigenvalue weighted by Crippen LogP contribution is -2.14. The van der Waals surface area contributed by atoms with E-state index < -0.39 is 4.92 Å². The maximum atomic E-state index is 10.8. The zero-order chi connectivity index (χ0) is 12.1. The predicted molar refractivity (Wildman–Crippen MR) is 68.7 cm³/mol. The van der Waals surface area contributed by atoms with Crippen LogP contribution < -0.4 is 5.32 Å². The van der Waals surface area contributed by atoms with Crippen LogP contribution in [0.5, 0.6) is 0 Å². The summed E-state index contributed by atoms with van der Waals surface area (Å²) in [5.74, 6) is 0. The fraction of sp³-hybridized carbons (Fsp3) is 0.273. The first-order chi connectivity index (χ1) is 7.54. The molecule has 5 heteroatoms. The van der Waals surface area contributed by atoms with Crippen LogP contribution in [0.1, 0.15) is 13.3 Å². The van der Waals surface area contributed by atoms with E-state index >= 15 is 0 Å². The monoisotopic (exact) mass is 284 g/mol. The molecule has 1 rings (SSSR count). The van der Waals surface area contributed by atoms with Crippen molar-refractivity contribution in [3.05, 3.63) is 45.4 Å². The van der Waals surface area contributed by atoms with Gasteiger partial charge in [0.1, 0.15) is 5.69 Å². The Balaban J connectivity index is 2.94. The molecule has 1 atom stereocenters. The molecule has 0 aliphatic heterocycles. The summed E-state index contributed by atoms with van der Waals surface area (Å²) in [5, 5.41) is 13.9. The number of benzene rings is 1. The van der Waals surface area contributed by atoms with Gasteiger partial charge in [0.2, 0.25) is 0 Å². The Kier molecular flexibility index (Phi) is 4.49. The molecule has 86 valence electrons. The molecule has 1 aromatic rings. The molecular weight excluding hydrogens is 272 g/mol. The fourth-order valence-corrected chi connectivity index (χ4v) is 1.70. The second-order valence-electron chi connectivity index (χ2n) is 3.49. The van der Waals surface area contributed by atoms with Gasteiger partial charge in [0, 0.05) is 16.6 Å². The van der Waals surface area contributed by atoms with Crippen molar-refractivity contribution < 1.29 is 4.92 Å². The normalized spacial score (nSPS) is 11.9. The molecule has 1 aromatic carbocycles. The van der Waals surface area contributed by atoms with E-state index in [2.05, 4.69) is 27.8 Å². The molecule has 0 saturated carbocycles. The van der Waals surface area contributed by atoms with Crippen LogP contribution in [0.4, 0.5) is 11.4 Å². The van der Waals surface area contributed by atoms with E-state index in [0.29, 0.717) is 10.2 Å². The van der Waals surface area contributed by atoms with Crippen LogP contribution in [0, 0.1) is 10.1 Å². The Hall–Kier alpha value is -1.36. The molecule has 1 unspecified atom stereocenters. The third kappa shape index (κ3) is 3.34. The molecule has 0 aliphatic carbocycles. The van der Waals surface area contributed by atoms with Gasteiger partial charge in [-0.3, -0.25) is 10.1 Å². The molecule has 0 fully saturated rings. The number of hydrogen-bond acceptors (Lipinski definition) is 3. The Labute approximate surface area is 103 Å². The number of nitrogens with one attached hydrogen (secondary N) is 1. The molecule has 1 N–H and O–H groups in total. The van der Waals surface area contributed by atoms with Crippen molar-refractivity contribution in [3.8, 4) is 0 Å². The fourth-order valence-electron chi connectivity index (χ4n) is 1.35. The van der Waals surface area contributed by atoms with Crippen molar-refractivity contribution in [1.82, 2.24) is 0 Å². The van der Waals surface area contributed by atoms with Gasteiger partial charge in [-0.05, 0) is 25.5 Å². The average Bonchev–Trinajstić information content (AvgIpc) is 2.20. The van der Waals surface area contributed by atoms with E-state index in [-0.39, 0.29) is 11.7 Å². The molecule has 0 aliphatic rings. The first kappa shape index (κ1) is 12.7. The van der Waals surface area contributed by atoms with Crippen molar-refractivity contribution in [1.29, 1.82) is 0 Å². The minimum atomic E-state index is -0.395. The molecule has 4 nitrogen and oxygen atoms in total. The highest BCUT2D eigenvalue weighted by Gasteiger charge is 2.15. The van der Waals surface area contributed by atoms with Crippen LogP contribution >= 0.6 is 15.9 Å². The second kappa shape index (κ2) is 5.65. The van der Waals surface area contributed by atoms with Crippen molar-refractivity contribution in [2.24, 2.45) is 0 Å². The zero-order valence-electron chi connectivity index (χ0n) is 8.94. The van der Waals surface area contributed by atoms with Gasteiger partial charge in [0.15, 0.2) is 0 Å². The largest absolute Gasteiger partial charge is 0.377 e. The van der Waals surface area contributed by atoms with E-state index in [4.69, 9.17) is 0 Å². The topological polar surface area (TPSA) is 55.2 Å². The molecule has 16 heavy (non-hydrogen) atoms. The zero-order valence-corrected chi connectivity index (χ0v) is 10.5. The van der Waals surface area contributed by atoms with E-state index in [1.807, 2.05) is 6.92 Å². The maximum Gasteiger partial charge on any atom is 0.293 e. The average molecular weight is 285 g/mol. The highest BCUT2D eigenvalue weighted by atomic mass is 79.9. The number of hydrogen-bond donors (Lipinski definition) is 1. The molecule has 0 bridgehead atoms. The lowest BCUT2D eigenvalue weighted by molar-refractivity contribution is -0.384. The van der Waals surface area contributed by atoms with Gasteiger partial charge in [-0.15, -0.1) is 6.58 Å². The lowest BCUT2D eigenvalue weighted by atomic mass is 10.2. The number of nitro groups is 1. The van der Waals surface area contributed by atoms with Crippen LogP contribution in [-0.2, 0) is 0 Å². The van der Waals surface area contributed by atoms with Gasteiger partial charge in [-0.25, -0.2) is 0 Å². The Bertz CT molecular complexity index is 407. The Morgan fingerprint density at radius 3 is 2.94 bits per heavy atom. The van der Waals surface area contributed by atoms with Crippen molar-refractivity contribution >= 4 is 27.3 Å². The quantitative estimate of drug-likeness (QED) is 0.509. The van der Waals surface area contributed by atoms with Gasteiger partial charge in [0.25, 0.3) is 5.69 Å². The number of halogens is 1. The number of nitro benzene ring substituents is 1. The van der Waals surface area contributed by atoms with Crippen LogP contribution in [0.3, 0.4) is 0 Å². The summed E-state index contributed by atoms with van der Waals surface area (Å²) in [5.41, 5.74) is 0.604. The van der Waals surface area contributed by atoms with E-state index in [1.54, 1.807) is 18.2 Å². The summed E-state index contributed by atoms with van der Waals surface area (Å²) in [7, 11) is 0. The molecule has 0 radical (unpaired) electrons. The van der Waals surface area contributed by atoms with Crippen molar-refractivity contribution in [2.45, 2.75) is 19.4 Å². The van der Waals surface area contributed by atoms with Gasteiger partial charge in [-0.1, -0.05) is 22.0 Å². The van der Waals surface area contributed by atoms with Gasteiger partial charge < -0.3 is 5.32 Å². The number of anilines is 1. The Morgan fingerprint density at radius 1 is 1.69 bits per heavy atom. The molecule has 0 saturated heterocycles. The highest BCUT2D eigenvalue weighted by Crippen LogP contribution is 2.28. The standard InChI is InChI=1S/C11H13BrN2O2/c1-3-4-8(2)13-10-6-5-9(12)7-11(10)14(15)16/h3,5-8,13H,1,4H2,2H3. The first-order valence-corrected chi connectivity index (χ1v) is 5.65. The van der Waals surface area contributed by atoms with Crippen LogP contribution in [0.15, 0.2) is 35.3 Å². The summed E-state index contributed by atoms with van der Waals surface area (Å²) >= 11 is 3.21. The van der Waals surface area contributed by atoms with E-state index in [9.17, 15) is 10.1 Å². The maximum absolute atomic E-state index is 10.8. The summed E-state index contributed by atoms with van der Waals surface area (Å²) in [6.45, 7) is 5.58. The van der Waals surface area contributed by atoms with E-state index in [1.165, 1.54) is 6.07 Å². The third-order valence-corrected chi connectivity index (χ3v) is 2.57. The third-order valence-electron chi connectivity index (χ3n) is 2.08. The minimum absolute atomic E-state index is 0.0743.